The SMILES string of the molecule is CCOC(=O)C1=NNC(C(=O)c2ccc(C)cc2)C1c1ccco1. The van der Waals surface area contributed by atoms with E-state index in [1.54, 1.807) is 31.2 Å². The minimum atomic E-state index is -0.710. The molecule has 1 aliphatic rings. The van der Waals surface area contributed by atoms with E-state index in [0.29, 0.717) is 11.3 Å². The first-order valence-corrected chi connectivity index (χ1v) is 7.76. The fourth-order valence-electron chi connectivity index (χ4n) is 2.69. The Balaban J connectivity index is 1.92. The summed E-state index contributed by atoms with van der Waals surface area (Å²) >= 11 is 0. The zero-order valence-electron chi connectivity index (χ0n) is 13.5. The van der Waals surface area contributed by atoms with Gasteiger partial charge in [-0.15, -0.1) is 0 Å². The van der Waals surface area contributed by atoms with Gasteiger partial charge in [0.1, 0.15) is 11.8 Å². The first-order valence-electron chi connectivity index (χ1n) is 7.76. The molecule has 2 unspecified atom stereocenters. The third-order valence-corrected chi connectivity index (χ3v) is 3.90. The Bertz CT molecular complexity index is 763. The van der Waals surface area contributed by atoms with Crippen LogP contribution in [0.4, 0.5) is 0 Å². The molecule has 0 spiro atoms. The molecule has 2 heterocycles. The van der Waals surface area contributed by atoms with Crippen molar-refractivity contribution in [2.75, 3.05) is 6.61 Å². The van der Waals surface area contributed by atoms with Crippen LogP contribution in [-0.4, -0.2) is 30.1 Å². The molecule has 0 fully saturated rings. The first-order chi connectivity index (χ1) is 11.6. The van der Waals surface area contributed by atoms with E-state index in [-0.39, 0.29) is 18.1 Å². The van der Waals surface area contributed by atoms with Gasteiger partial charge < -0.3 is 9.15 Å². The van der Waals surface area contributed by atoms with Crippen molar-refractivity contribution in [1.29, 1.82) is 0 Å². The van der Waals surface area contributed by atoms with Crippen molar-refractivity contribution in [3.05, 3.63) is 59.5 Å². The molecule has 0 amide bonds. The third-order valence-electron chi connectivity index (χ3n) is 3.90. The molecule has 124 valence electrons. The quantitative estimate of drug-likeness (QED) is 0.674. The molecule has 24 heavy (non-hydrogen) atoms. The van der Waals surface area contributed by atoms with E-state index >= 15 is 0 Å². The standard InChI is InChI=1S/C18H18N2O4/c1-3-23-18(22)16-14(13-5-4-10-24-13)15(19-20-16)17(21)12-8-6-11(2)7-9-12/h4-10,14-15,19H,3H2,1-2H3. The molecule has 6 heteroatoms. The Morgan fingerprint density at radius 3 is 2.62 bits per heavy atom. The minimum Gasteiger partial charge on any atom is -0.469 e. The maximum Gasteiger partial charge on any atom is 0.355 e. The summed E-state index contributed by atoms with van der Waals surface area (Å²) in [4.78, 5) is 25.0. The highest BCUT2D eigenvalue weighted by molar-refractivity contribution is 6.40. The Hall–Kier alpha value is -2.89. The van der Waals surface area contributed by atoms with E-state index in [1.807, 2.05) is 19.1 Å². The fraction of sp³-hybridized carbons (Fsp3) is 0.278. The molecule has 2 atom stereocenters. The fourth-order valence-corrected chi connectivity index (χ4v) is 2.69. The summed E-state index contributed by atoms with van der Waals surface area (Å²) in [5, 5.41) is 4.05. The number of hydrogen-bond acceptors (Lipinski definition) is 6. The Kier molecular flexibility index (Phi) is 4.46. The van der Waals surface area contributed by atoms with E-state index in [1.165, 1.54) is 6.26 Å². The molecule has 2 aromatic rings. The van der Waals surface area contributed by atoms with Crippen LogP contribution in [0.25, 0.3) is 0 Å². The molecular formula is C18H18N2O4. The summed E-state index contributed by atoms with van der Waals surface area (Å²) in [6, 6.07) is 10.0. The van der Waals surface area contributed by atoms with Gasteiger partial charge in [-0.25, -0.2) is 4.79 Å². The number of furan rings is 1. The van der Waals surface area contributed by atoms with Crippen molar-refractivity contribution in [1.82, 2.24) is 5.43 Å². The highest BCUT2D eigenvalue weighted by Gasteiger charge is 2.43. The van der Waals surface area contributed by atoms with Crippen LogP contribution in [0.5, 0.6) is 0 Å². The van der Waals surface area contributed by atoms with Gasteiger partial charge in [0.25, 0.3) is 0 Å². The number of benzene rings is 1. The molecule has 3 rings (SSSR count). The van der Waals surface area contributed by atoms with Crippen LogP contribution in [0.1, 0.15) is 34.5 Å². The Morgan fingerprint density at radius 2 is 2.00 bits per heavy atom. The smallest absolute Gasteiger partial charge is 0.355 e. The van der Waals surface area contributed by atoms with Crippen molar-refractivity contribution >= 4 is 17.5 Å². The molecule has 1 aromatic heterocycles. The molecule has 0 aliphatic carbocycles. The van der Waals surface area contributed by atoms with E-state index in [0.717, 1.165) is 5.56 Å². The molecule has 1 N–H and O–H groups in total. The molecule has 0 saturated heterocycles. The summed E-state index contributed by atoms with van der Waals surface area (Å²) < 4.78 is 10.5. The second kappa shape index (κ2) is 6.70. The number of ether oxygens (including phenoxy) is 1. The zero-order chi connectivity index (χ0) is 17.1. The number of hydrazone groups is 1. The predicted octanol–water partition coefficient (Wildman–Crippen LogP) is 2.45. The Morgan fingerprint density at radius 1 is 1.25 bits per heavy atom. The minimum absolute atomic E-state index is 0.150. The number of aryl methyl sites for hydroxylation is 1. The number of hydrogen-bond donors (Lipinski definition) is 1. The van der Waals surface area contributed by atoms with Gasteiger partial charge in [-0.3, -0.25) is 10.2 Å². The van der Waals surface area contributed by atoms with Gasteiger partial charge in [-0.05, 0) is 26.0 Å². The number of nitrogens with one attached hydrogen (secondary N) is 1. The van der Waals surface area contributed by atoms with E-state index in [2.05, 4.69) is 10.5 Å². The van der Waals surface area contributed by atoms with Crippen molar-refractivity contribution in [2.24, 2.45) is 5.10 Å². The van der Waals surface area contributed by atoms with E-state index in [4.69, 9.17) is 9.15 Å². The summed E-state index contributed by atoms with van der Waals surface area (Å²) in [6.45, 7) is 3.91. The molecule has 0 bridgehead atoms. The maximum atomic E-state index is 12.9. The van der Waals surface area contributed by atoms with Gasteiger partial charge in [-0.1, -0.05) is 29.8 Å². The van der Waals surface area contributed by atoms with E-state index in [9.17, 15) is 9.59 Å². The molecule has 6 nitrogen and oxygen atoms in total. The van der Waals surface area contributed by atoms with Crippen LogP contribution in [0.15, 0.2) is 52.2 Å². The number of rotatable bonds is 5. The van der Waals surface area contributed by atoms with Gasteiger partial charge in [0.05, 0.1) is 18.8 Å². The van der Waals surface area contributed by atoms with Crippen molar-refractivity contribution in [2.45, 2.75) is 25.8 Å². The average molecular weight is 326 g/mol. The number of carbonyl (C=O) groups is 2. The monoisotopic (exact) mass is 326 g/mol. The third kappa shape index (κ3) is 2.95. The lowest BCUT2D eigenvalue weighted by Crippen LogP contribution is -2.37. The largest absolute Gasteiger partial charge is 0.469 e. The zero-order valence-corrected chi connectivity index (χ0v) is 13.5. The number of ketones is 1. The number of esters is 1. The maximum absolute atomic E-state index is 12.9. The average Bonchev–Trinajstić information content (AvgIpc) is 3.24. The highest BCUT2D eigenvalue weighted by atomic mass is 16.5. The summed E-state index contributed by atoms with van der Waals surface area (Å²) in [5.74, 6) is -0.824. The molecular weight excluding hydrogens is 308 g/mol. The number of nitrogens with zero attached hydrogens (tertiary/aromatic N) is 1. The molecule has 0 saturated carbocycles. The van der Waals surface area contributed by atoms with Crippen molar-refractivity contribution in [3.63, 3.8) is 0 Å². The van der Waals surface area contributed by atoms with Crippen LogP contribution in [-0.2, 0) is 9.53 Å². The topological polar surface area (TPSA) is 80.9 Å². The molecule has 1 aliphatic heterocycles. The summed E-state index contributed by atoms with van der Waals surface area (Å²) in [5.41, 5.74) is 4.54. The van der Waals surface area contributed by atoms with Gasteiger partial charge >= 0.3 is 5.97 Å². The summed E-state index contributed by atoms with van der Waals surface area (Å²) in [6.07, 6.45) is 1.50. The lowest BCUT2D eigenvalue weighted by atomic mass is 9.88. The van der Waals surface area contributed by atoms with Crippen LogP contribution < -0.4 is 5.43 Å². The first kappa shape index (κ1) is 16.0. The summed E-state index contributed by atoms with van der Waals surface area (Å²) in [7, 11) is 0. The highest BCUT2D eigenvalue weighted by Crippen LogP contribution is 2.29. The van der Waals surface area contributed by atoms with Crippen molar-refractivity contribution in [3.8, 4) is 0 Å². The van der Waals surface area contributed by atoms with Gasteiger partial charge in [0.15, 0.2) is 11.5 Å². The lowest BCUT2D eigenvalue weighted by molar-refractivity contribution is -0.135. The van der Waals surface area contributed by atoms with Gasteiger partial charge in [0.2, 0.25) is 0 Å². The second-order valence-corrected chi connectivity index (χ2v) is 5.55. The van der Waals surface area contributed by atoms with Crippen molar-refractivity contribution < 1.29 is 18.7 Å². The molecule has 0 radical (unpaired) electrons. The van der Waals surface area contributed by atoms with Crippen LogP contribution in [0.3, 0.4) is 0 Å². The van der Waals surface area contributed by atoms with Gasteiger partial charge in [0, 0.05) is 5.56 Å². The number of carbonyl (C=O) groups excluding carboxylic acids is 2. The van der Waals surface area contributed by atoms with E-state index < -0.39 is 17.9 Å². The second-order valence-electron chi connectivity index (χ2n) is 5.55. The van der Waals surface area contributed by atoms with Gasteiger partial charge in [-0.2, -0.15) is 5.10 Å². The molecule has 1 aromatic carbocycles. The van der Waals surface area contributed by atoms with Crippen LogP contribution in [0.2, 0.25) is 0 Å². The number of Topliss-reactive ketones (excluding diaryl/α,β-unsaturated/α-hetero) is 1. The normalized spacial score (nSPS) is 19.5. The van der Waals surface area contributed by atoms with Crippen LogP contribution in [0, 0.1) is 6.92 Å². The Labute approximate surface area is 139 Å². The van der Waals surface area contributed by atoms with Crippen LogP contribution >= 0.6 is 0 Å². The lowest BCUT2D eigenvalue weighted by Gasteiger charge is -2.17. The predicted molar refractivity (Wildman–Crippen MR) is 88.0 cm³/mol.